The molecule has 3 heterocycles. The van der Waals surface area contributed by atoms with Gasteiger partial charge in [-0.1, -0.05) is 61.5 Å². The van der Waals surface area contributed by atoms with Gasteiger partial charge in [-0.25, -0.2) is 0 Å². The minimum Gasteiger partial charge on any atom is -0.359 e. The summed E-state index contributed by atoms with van der Waals surface area (Å²) in [4.78, 5) is 5.28. The molecule has 2 spiro atoms. The number of likely N-dealkylation sites (N-methyl/N-ethyl adjacent to an activating group) is 1. The summed E-state index contributed by atoms with van der Waals surface area (Å²) >= 11 is 0. The van der Waals surface area contributed by atoms with Gasteiger partial charge in [0.2, 0.25) is 0 Å². The summed E-state index contributed by atoms with van der Waals surface area (Å²) in [5, 5.41) is 2.74. The van der Waals surface area contributed by atoms with E-state index in [1.807, 2.05) is 0 Å². The maximum Gasteiger partial charge on any atom is 0.0974 e. The van der Waals surface area contributed by atoms with Crippen LogP contribution in [0.4, 0.5) is 0 Å². The van der Waals surface area contributed by atoms with Gasteiger partial charge in [0.05, 0.1) is 11.2 Å². The van der Waals surface area contributed by atoms with Crippen molar-refractivity contribution in [2.45, 2.75) is 81.5 Å². The predicted octanol–water partition coefficient (Wildman–Crippen LogP) is 6.70. The summed E-state index contributed by atoms with van der Waals surface area (Å²) in [6, 6.07) is 16.8. The normalized spacial score (nSPS) is 41.6. The molecule has 2 aromatic carbocycles. The largest absolute Gasteiger partial charge is 0.359 e. The van der Waals surface area contributed by atoms with Gasteiger partial charge in [0.1, 0.15) is 0 Å². The molecule has 37 heavy (non-hydrogen) atoms. The van der Waals surface area contributed by atoms with Gasteiger partial charge < -0.3 is 9.64 Å². The van der Waals surface area contributed by atoms with Crippen molar-refractivity contribution < 1.29 is 4.74 Å². The lowest BCUT2D eigenvalue weighted by Gasteiger charge is -2.55. The van der Waals surface area contributed by atoms with Crippen LogP contribution in [0.1, 0.15) is 69.8 Å². The molecule has 0 aromatic heterocycles. The lowest BCUT2D eigenvalue weighted by molar-refractivity contribution is -0.141. The second kappa shape index (κ2) is 8.04. The lowest BCUT2D eigenvalue weighted by atomic mass is 9.58. The van der Waals surface area contributed by atoms with E-state index in [9.17, 15) is 0 Å². The van der Waals surface area contributed by atoms with Gasteiger partial charge in [-0.05, 0) is 103 Å². The highest BCUT2D eigenvalue weighted by Crippen LogP contribution is 2.69. The Balaban J connectivity index is 1.12. The zero-order valence-corrected chi connectivity index (χ0v) is 22.7. The molecule has 4 fully saturated rings. The SMILES string of the molecule is CN1CCN([C@H]2CCC3=CC4=CC[C@]5(C)[C@@H](c6ccc7ccccc7c6)CC[C@H]5[C@@]45CC[C@]3(C2)O5)CC1. The second-order valence-corrected chi connectivity index (χ2v) is 13.5. The molecule has 2 bridgehead atoms. The number of ether oxygens (including phenoxy) is 1. The van der Waals surface area contributed by atoms with Gasteiger partial charge in [0.25, 0.3) is 0 Å². The summed E-state index contributed by atoms with van der Waals surface area (Å²) in [5.74, 6) is 1.24. The van der Waals surface area contributed by atoms with Crippen molar-refractivity contribution in [3.63, 3.8) is 0 Å². The van der Waals surface area contributed by atoms with E-state index in [1.54, 1.807) is 16.7 Å². The van der Waals surface area contributed by atoms with Crippen molar-refractivity contribution in [3.05, 3.63) is 71.3 Å². The van der Waals surface area contributed by atoms with Crippen LogP contribution in [0.3, 0.4) is 0 Å². The highest BCUT2D eigenvalue weighted by molar-refractivity contribution is 5.83. The molecular weight excluding hydrogens is 452 g/mol. The maximum atomic E-state index is 7.58. The van der Waals surface area contributed by atoms with Crippen LogP contribution in [0.5, 0.6) is 0 Å². The fraction of sp³-hybridized carbons (Fsp3) is 0.588. The summed E-state index contributed by atoms with van der Waals surface area (Å²) in [5.41, 5.74) is 4.95. The van der Waals surface area contributed by atoms with Gasteiger partial charge in [-0.3, -0.25) is 4.90 Å². The number of nitrogens with zero attached hydrogens (tertiary/aromatic N) is 2. The molecule has 0 radical (unpaired) electrons. The molecule has 3 aliphatic carbocycles. The quantitative estimate of drug-likeness (QED) is 0.462. The van der Waals surface area contributed by atoms with E-state index in [0.29, 0.717) is 17.9 Å². The van der Waals surface area contributed by atoms with Crippen LogP contribution in [0.25, 0.3) is 10.8 Å². The molecule has 0 unspecified atom stereocenters. The van der Waals surface area contributed by atoms with Crippen molar-refractivity contribution in [3.8, 4) is 0 Å². The number of hydrogen-bond donors (Lipinski definition) is 0. The number of piperazine rings is 1. The Morgan fingerprint density at radius 2 is 1.76 bits per heavy atom. The molecule has 3 heteroatoms. The van der Waals surface area contributed by atoms with Gasteiger partial charge in [0.15, 0.2) is 0 Å². The van der Waals surface area contributed by atoms with Crippen LogP contribution in [-0.4, -0.2) is 60.3 Å². The van der Waals surface area contributed by atoms with Gasteiger partial charge in [0, 0.05) is 32.2 Å². The average molecular weight is 495 g/mol. The van der Waals surface area contributed by atoms with Crippen LogP contribution < -0.4 is 0 Å². The van der Waals surface area contributed by atoms with E-state index in [4.69, 9.17) is 4.74 Å². The molecule has 2 saturated heterocycles. The van der Waals surface area contributed by atoms with Crippen LogP contribution in [-0.2, 0) is 4.74 Å². The Morgan fingerprint density at radius 3 is 2.62 bits per heavy atom. The van der Waals surface area contributed by atoms with E-state index in [2.05, 4.69) is 78.4 Å². The predicted molar refractivity (Wildman–Crippen MR) is 151 cm³/mol. The molecule has 2 aromatic rings. The van der Waals surface area contributed by atoms with Gasteiger partial charge in [-0.15, -0.1) is 0 Å². The van der Waals surface area contributed by atoms with Crippen LogP contribution >= 0.6 is 0 Å². The van der Waals surface area contributed by atoms with E-state index < -0.39 is 0 Å². The number of allylic oxidation sites excluding steroid dienone is 1. The fourth-order valence-electron chi connectivity index (χ4n) is 9.85. The summed E-state index contributed by atoms with van der Waals surface area (Å²) < 4.78 is 7.58. The van der Waals surface area contributed by atoms with Crippen molar-refractivity contribution in [1.29, 1.82) is 0 Å². The van der Waals surface area contributed by atoms with E-state index in [-0.39, 0.29) is 16.6 Å². The first kappa shape index (κ1) is 23.0. The van der Waals surface area contributed by atoms with Crippen LogP contribution in [0.15, 0.2) is 65.8 Å². The average Bonchev–Trinajstić information content (AvgIpc) is 3.43. The number of fused-ring (bicyclic) bond motifs is 2. The van der Waals surface area contributed by atoms with Crippen molar-refractivity contribution in [2.75, 3.05) is 33.2 Å². The molecule has 8 rings (SSSR count). The number of benzene rings is 2. The minimum absolute atomic E-state index is 0.00287. The molecule has 3 nitrogen and oxygen atoms in total. The van der Waals surface area contributed by atoms with Crippen LogP contribution in [0, 0.1) is 11.3 Å². The summed E-state index contributed by atoms with van der Waals surface area (Å²) in [7, 11) is 2.27. The maximum absolute atomic E-state index is 7.58. The van der Waals surface area contributed by atoms with Crippen LogP contribution in [0.2, 0.25) is 0 Å². The monoisotopic (exact) mass is 494 g/mol. The third-order valence-electron chi connectivity index (χ3n) is 11.9. The Kier molecular flexibility index (Phi) is 4.99. The Morgan fingerprint density at radius 1 is 0.919 bits per heavy atom. The zero-order chi connectivity index (χ0) is 24.8. The fourth-order valence-corrected chi connectivity index (χ4v) is 9.85. The van der Waals surface area contributed by atoms with E-state index >= 15 is 0 Å². The van der Waals surface area contributed by atoms with Crippen molar-refractivity contribution in [2.24, 2.45) is 11.3 Å². The lowest BCUT2D eigenvalue weighted by Crippen LogP contribution is -2.57. The number of rotatable bonds is 2. The number of hydrogen-bond acceptors (Lipinski definition) is 3. The first-order valence-electron chi connectivity index (χ1n) is 15.0. The zero-order valence-electron chi connectivity index (χ0n) is 22.7. The summed E-state index contributed by atoms with van der Waals surface area (Å²) in [6.45, 7) is 7.47. The van der Waals surface area contributed by atoms with Gasteiger partial charge >= 0.3 is 0 Å². The Bertz CT molecular complexity index is 1300. The molecule has 0 amide bonds. The highest BCUT2D eigenvalue weighted by atomic mass is 16.5. The van der Waals surface area contributed by atoms with Crippen molar-refractivity contribution in [1.82, 2.24) is 9.80 Å². The van der Waals surface area contributed by atoms with Crippen molar-refractivity contribution >= 4 is 10.8 Å². The second-order valence-electron chi connectivity index (χ2n) is 13.5. The third-order valence-corrected chi connectivity index (χ3v) is 11.9. The molecule has 3 aliphatic heterocycles. The molecule has 6 aliphatic rings. The molecule has 0 N–H and O–H groups in total. The summed E-state index contributed by atoms with van der Waals surface area (Å²) in [6.07, 6.45) is 15.3. The topological polar surface area (TPSA) is 15.7 Å². The molecular formula is C34H42N2O. The molecule has 194 valence electrons. The standard InChI is InChI=1S/C34H42N2O/c1-32-14-13-28-22-27-9-10-29(36-19-17-35(2)18-20-36)23-33(27)15-16-34(28,37-33)31(32)12-11-30(32)26-8-7-24-5-3-4-6-25(24)21-26/h3-8,13,21-22,29-31H,9-12,14-20,23H2,1-2H3/t29-,30+,31+,32+,33+,34+/m0/s1. The highest BCUT2D eigenvalue weighted by Gasteiger charge is 2.66. The van der Waals surface area contributed by atoms with E-state index in [1.165, 1.54) is 88.3 Å². The molecule has 6 atom stereocenters. The first-order chi connectivity index (χ1) is 18.0. The van der Waals surface area contributed by atoms with E-state index in [0.717, 1.165) is 0 Å². The molecule has 2 saturated carbocycles. The third kappa shape index (κ3) is 3.23. The van der Waals surface area contributed by atoms with Gasteiger partial charge in [-0.2, -0.15) is 0 Å². The smallest absolute Gasteiger partial charge is 0.0974 e. The first-order valence-corrected chi connectivity index (χ1v) is 15.0. The Labute approximate surface area is 222 Å². The minimum atomic E-state index is -0.0495. The Hall–Kier alpha value is -1.94.